The van der Waals surface area contributed by atoms with Crippen molar-refractivity contribution >= 4 is 72.9 Å². The van der Waals surface area contributed by atoms with E-state index in [2.05, 4.69) is 76.7 Å². The van der Waals surface area contributed by atoms with E-state index in [1.165, 1.54) is 16.8 Å². The van der Waals surface area contributed by atoms with Crippen LogP contribution in [0.4, 0.5) is 8.78 Å². The summed E-state index contributed by atoms with van der Waals surface area (Å²) in [5.41, 5.74) is 5.92. The molecule has 2 aromatic carbocycles. The average molecular weight is 944 g/mol. The summed E-state index contributed by atoms with van der Waals surface area (Å²) in [5, 5.41) is 26.0. The minimum atomic E-state index is -0.346. The van der Waals surface area contributed by atoms with Crippen LogP contribution < -0.4 is 5.46 Å². The molecule has 10 aromatic rings. The maximum absolute atomic E-state index is 14.5. The maximum Gasteiger partial charge on any atom is 0.498 e. The highest BCUT2D eigenvalue weighted by atomic mass is 79.9. The smallest absolute Gasteiger partial charge is 0.399 e. The summed E-state index contributed by atoms with van der Waals surface area (Å²) in [6.07, 6.45) is 13.7. The summed E-state index contributed by atoms with van der Waals surface area (Å²) >= 11 is 3.26. The predicted molar refractivity (Wildman–Crippen MR) is 243 cm³/mol. The van der Waals surface area contributed by atoms with Gasteiger partial charge in [0, 0.05) is 90.1 Å². The van der Waals surface area contributed by atoms with Gasteiger partial charge in [0.2, 0.25) is 11.3 Å². The van der Waals surface area contributed by atoms with Crippen LogP contribution in [0, 0.1) is 11.6 Å². The van der Waals surface area contributed by atoms with Crippen molar-refractivity contribution in [2.75, 3.05) is 0 Å². The van der Waals surface area contributed by atoms with Crippen molar-refractivity contribution in [3.05, 3.63) is 125 Å². The number of fused-ring (bicyclic) bond motifs is 4. The Morgan fingerprint density at radius 2 is 1.18 bits per heavy atom. The Balaban J connectivity index is 0.000000137. The number of pyridine rings is 2. The van der Waals surface area contributed by atoms with Gasteiger partial charge in [-0.1, -0.05) is 30.0 Å². The zero-order chi connectivity index (χ0) is 44.8. The standard InChI is InChI=1S/C18H13FN8.C14H8BrFN6.C10H17BN2O2.CH4/c1-26-9-13(7-22-26)16-8-21-17-18(23-16)27(25-24-17)10-12-5-11-3-2-4-20-15(11)6-14(12)19;15-12-6-18-13-14(19-12)22(21-20-13)7-9-4-8-2-1-3-17-11(8)5-10(9)16;1-9(2)10(3,4)15-11(14-9)8-6-12-13(5)7-8;/h2-9H,10H2,1H3;1-6H,7H2;6-7H,1-5H3;1H4. The van der Waals surface area contributed by atoms with Crippen LogP contribution in [0.3, 0.4) is 0 Å². The largest absolute Gasteiger partial charge is 0.498 e. The minimum absolute atomic E-state index is 0. The van der Waals surface area contributed by atoms with Crippen molar-refractivity contribution in [2.45, 2.75) is 59.4 Å². The van der Waals surface area contributed by atoms with E-state index in [4.69, 9.17) is 9.31 Å². The average Bonchev–Trinajstić information content (AvgIpc) is 4.11. The van der Waals surface area contributed by atoms with Gasteiger partial charge < -0.3 is 9.31 Å². The second-order valence-electron chi connectivity index (χ2n) is 16.0. The van der Waals surface area contributed by atoms with Crippen molar-refractivity contribution in [1.29, 1.82) is 0 Å². The summed E-state index contributed by atoms with van der Waals surface area (Å²) in [6, 6.07) is 13.8. The molecule has 0 aliphatic carbocycles. The Morgan fingerprint density at radius 1 is 0.662 bits per heavy atom. The number of aryl methyl sites for hydroxylation is 2. The molecule has 18 nitrogen and oxygen atoms in total. The van der Waals surface area contributed by atoms with Crippen molar-refractivity contribution in [1.82, 2.24) is 79.5 Å². The van der Waals surface area contributed by atoms with Crippen molar-refractivity contribution in [3.63, 3.8) is 0 Å². The van der Waals surface area contributed by atoms with E-state index in [9.17, 15) is 8.78 Å². The van der Waals surface area contributed by atoms with E-state index in [1.54, 1.807) is 63.4 Å². The summed E-state index contributed by atoms with van der Waals surface area (Å²) in [7, 11) is 3.41. The highest BCUT2D eigenvalue weighted by molar-refractivity contribution is 9.10. The minimum Gasteiger partial charge on any atom is -0.399 e. The quantitative estimate of drug-likeness (QED) is 0.166. The molecule has 0 spiro atoms. The fourth-order valence-corrected chi connectivity index (χ4v) is 7.06. The molecular formula is C43H42BBrF2N16O2. The first-order valence-electron chi connectivity index (χ1n) is 19.9. The predicted octanol–water partition coefficient (Wildman–Crippen LogP) is 6.43. The lowest BCUT2D eigenvalue weighted by Crippen LogP contribution is -2.41. The van der Waals surface area contributed by atoms with E-state index in [0.717, 1.165) is 21.8 Å². The molecule has 0 amide bonds. The molecule has 1 saturated heterocycles. The van der Waals surface area contributed by atoms with Gasteiger partial charge in [0.15, 0.2) is 11.3 Å². The molecule has 0 atom stereocenters. The number of hydrogen-bond donors (Lipinski definition) is 0. The van der Waals surface area contributed by atoms with Crippen molar-refractivity contribution in [3.8, 4) is 11.3 Å². The first kappa shape index (κ1) is 44.6. The van der Waals surface area contributed by atoms with Gasteiger partial charge in [0.05, 0.1) is 59.6 Å². The number of halogens is 3. The molecule has 1 aliphatic rings. The molecular weight excluding hydrogens is 901 g/mol. The van der Waals surface area contributed by atoms with E-state index in [1.807, 2.05) is 78.4 Å². The Bertz CT molecular complexity index is 3300. The van der Waals surface area contributed by atoms with Gasteiger partial charge in [-0.25, -0.2) is 38.1 Å². The van der Waals surface area contributed by atoms with E-state index < -0.39 is 0 Å². The van der Waals surface area contributed by atoms with Crippen LogP contribution >= 0.6 is 15.9 Å². The van der Waals surface area contributed by atoms with Gasteiger partial charge in [-0.15, -0.1) is 10.2 Å². The second-order valence-corrected chi connectivity index (χ2v) is 16.8. The van der Waals surface area contributed by atoms with Crippen LogP contribution in [0.25, 0.3) is 55.7 Å². The lowest BCUT2D eigenvalue weighted by atomic mass is 9.82. The van der Waals surface area contributed by atoms with Crippen LogP contribution in [-0.2, 0) is 36.5 Å². The lowest BCUT2D eigenvalue weighted by Gasteiger charge is -2.32. The second kappa shape index (κ2) is 17.9. The fraction of sp³-hybridized carbons (Fsp3) is 0.256. The molecule has 22 heteroatoms. The van der Waals surface area contributed by atoms with Crippen LogP contribution in [0.1, 0.15) is 46.2 Å². The van der Waals surface area contributed by atoms with Gasteiger partial charge in [-0.3, -0.25) is 19.3 Å². The zero-order valence-corrected chi connectivity index (χ0v) is 36.9. The first-order chi connectivity index (χ1) is 30.7. The molecule has 0 bridgehead atoms. The molecule has 0 saturated carbocycles. The summed E-state index contributed by atoms with van der Waals surface area (Å²) in [6.45, 7) is 8.59. The Labute approximate surface area is 379 Å². The van der Waals surface area contributed by atoms with Crippen molar-refractivity contribution < 1.29 is 18.1 Å². The van der Waals surface area contributed by atoms with Gasteiger partial charge >= 0.3 is 7.12 Å². The molecule has 0 N–H and O–H groups in total. The molecule has 330 valence electrons. The van der Waals surface area contributed by atoms with Crippen LogP contribution in [0.5, 0.6) is 0 Å². The topological polar surface area (TPSA) is 193 Å². The molecule has 65 heavy (non-hydrogen) atoms. The van der Waals surface area contributed by atoms with Crippen LogP contribution in [0.15, 0.2) is 103 Å². The van der Waals surface area contributed by atoms with Gasteiger partial charge in [0.1, 0.15) is 16.2 Å². The van der Waals surface area contributed by atoms with Crippen LogP contribution in [-0.4, -0.2) is 97.8 Å². The number of aromatic nitrogens is 16. The van der Waals surface area contributed by atoms with E-state index in [0.29, 0.717) is 55.0 Å². The third-order valence-electron chi connectivity index (χ3n) is 10.9. The van der Waals surface area contributed by atoms with Crippen molar-refractivity contribution in [2.24, 2.45) is 14.1 Å². The Hall–Kier alpha value is -7.04. The first-order valence-corrected chi connectivity index (χ1v) is 20.7. The molecule has 1 aliphatic heterocycles. The van der Waals surface area contributed by atoms with E-state index in [-0.39, 0.29) is 50.5 Å². The lowest BCUT2D eigenvalue weighted by molar-refractivity contribution is 0.00578. The van der Waals surface area contributed by atoms with Crippen LogP contribution in [0.2, 0.25) is 0 Å². The van der Waals surface area contributed by atoms with E-state index >= 15 is 0 Å². The molecule has 9 heterocycles. The molecule has 1 fully saturated rings. The molecule has 11 rings (SSSR count). The molecule has 0 unspecified atom stereocenters. The third kappa shape index (κ3) is 9.31. The number of hydrogen-bond acceptors (Lipinski definition) is 14. The highest BCUT2D eigenvalue weighted by Crippen LogP contribution is 2.36. The Kier molecular flexibility index (Phi) is 12.2. The monoisotopic (exact) mass is 942 g/mol. The molecule has 8 aromatic heterocycles. The number of rotatable bonds is 6. The summed E-state index contributed by atoms with van der Waals surface area (Å²) in [5.74, 6) is -0.681. The number of benzene rings is 2. The number of nitrogens with zero attached hydrogens (tertiary/aromatic N) is 16. The highest BCUT2D eigenvalue weighted by Gasteiger charge is 2.52. The van der Waals surface area contributed by atoms with Gasteiger partial charge in [0.25, 0.3) is 0 Å². The summed E-state index contributed by atoms with van der Waals surface area (Å²) < 4.78 is 47.6. The SMILES string of the molecule is C.Cn1cc(-c2cnc3nnn(Cc4cc5cccnc5cc4F)c3n2)cn1.Cn1cc(B2OC(C)(C)C(C)(C)O2)cn1.Fc1cc2ncccc2cc1Cn1nnc2ncc(Br)nc21. The summed E-state index contributed by atoms with van der Waals surface area (Å²) in [4.78, 5) is 25.6. The maximum atomic E-state index is 14.5. The Morgan fingerprint density at radius 3 is 1.71 bits per heavy atom. The van der Waals surface area contributed by atoms with Gasteiger partial charge in [-0.2, -0.15) is 10.2 Å². The van der Waals surface area contributed by atoms with Gasteiger partial charge in [-0.05, 0) is 67.9 Å². The zero-order valence-electron chi connectivity index (χ0n) is 35.3. The third-order valence-corrected chi connectivity index (χ3v) is 11.2. The fourth-order valence-electron chi connectivity index (χ4n) is 6.79. The molecule has 0 radical (unpaired) electrons. The normalized spacial score (nSPS) is 14.0.